The number of hydrogen-bond donors (Lipinski definition) is 0. The average Bonchev–Trinajstić information content (AvgIpc) is 3.01. The fraction of sp³-hybridized carbons (Fsp3) is 0.733. The highest BCUT2D eigenvalue weighted by Gasteiger charge is 2.71. The van der Waals surface area contributed by atoms with Crippen LogP contribution < -0.4 is 0 Å². The fourth-order valence-corrected chi connectivity index (χ4v) is 8.97. The molecular formula is C30H42O4. The normalized spacial score (nSPS) is 41.5. The van der Waals surface area contributed by atoms with Crippen LogP contribution in [0.1, 0.15) is 93.4 Å². The lowest BCUT2D eigenvalue weighted by Gasteiger charge is -2.63. The van der Waals surface area contributed by atoms with Gasteiger partial charge in [-0.05, 0) is 106 Å². The third-order valence-electron chi connectivity index (χ3n) is 10.9. The molecule has 4 heteroatoms. The van der Waals surface area contributed by atoms with Crippen LogP contribution >= 0.6 is 0 Å². The minimum Gasteiger partial charge on any atom is -0.303 e. The van der Waals surface area contributed by atoms with Crippen LogP contribution in [0, 0.1) is 45.3 Å². The van der Waals surface area contributed by atoms with Crippen molar-refractivity contribution in [1.29, 1.82) is 0 Å². The summed E-state index contributed by atoms with van der Waals surface area (Å²) in [6, 6.07) is 0. The number of carbonyl (C=O) groups excluding carboxylic acids is 4. The molecule has 34 heavy (non-hydrogen) atoms. The first-order chi connectivity index (χ1) is 15.7. The zero-order valence-corrected chi connectivity index (χ0v) is 22.1. The van der Waals surface area contributed by atoms with Crippen molar-refractivity contribution in [3.63, 3.8) is 0 Å². The van der Waals surface area contributed by atoms with Gasteiger partial charge in [0.1, 0.15) is 12.1 Å². The molecule has 0 bridgehead atoms. The van der Waals surface area contributed by atoms with Crippen molar-refractivity contribution in [3.8, 4) is 0 Å². The molecule has 3 fully saturated rings. The van der Waals surface area contributed by atoms with Crippen LogP contribution in [0.2, 0.25) is 0 Å². The van der Waals surface area contributed by atoms with Gasteiger partial charge in [-0.2, -0.15) is 0 Å². The van der Waals surface area contributed by atoms with Gasteiger partial charge in [0.2, 0.25) is 0 Å². The van der Waals surface area contributed by atoms with Gasteiger partial charge >= 0.3 is 0 Å². The number of hydrogen-bond acceptors (Lipinski definition) is 4. The molecule has 4 rings (SSSR count). The Hall–Kier alpha value is -1.84. The second-order valence-corrected chi connectivity index (χ2v) is 13.2. The summed E-state index contributed by atoms with van der Waals surface area (Å²) in [6.45, 7) is 14.5. The van der Waals surface area contributed by atoms with Crippen LogP contribution in [0.3, 0.4) is 0 Å². The number of ketones is 3. The van der Waals surface area contributed by atoms with Gasteiger partial charge in [-0.1, -0.05) is 26.3 Å². The van der Waals surface area contributed by atoms with Crippen LogP contribution in [-0.2, 0) is 19.2 Å². The topological polar surface area (TPSA) is 68.3 Å². The van der Waals surface area contributed by atoms with E-state index in [1.165, 1.54) is 0 Å². The first kappa shape index (κ1) is 25.3. The van der Waals surface area contributed by atoms with Gasteiger partial charge in [-0.3, -0.25) is 14.4 Å². The Morgan fingerprint density at radius 1 is 1.06 bits per heavy atom. The number of carbonyl (C=O) groups is 4. The second-order valence-electron chi connectivity index (χ2n) is 13.2. The Balaban J connectivity index is 1.74. The smallest absolute Gasteiger partial charge is 0.160 e. The predicted octanol–water partition coefficient (Wildman–Crippen LogP) is 6.08. The van der Waals surface area contributed by atoms with Crippen molar-refractivity contribution >= 4 is 23.6 Å². The zero-order chi connectivity index (χ0) is 25.3. The molecule has 0 saturated heterocycles. The van der Waals surface area contributed by atoms with Crippen LogP contribution in [0.15, 0.2) is 23.3 Å². The highest BCUT2D eigenvalue weighted by atomic mass is 16.1. The number of aldehydes is 1. The maximum absolute atomic E-state index is 13.9. The van der Waals surface area contributed by atoms with E-state index >= 15 is 0 Å². The Bertz CT molecular complexity index is 995. The molecule has 0 N–H and O–H groups in total. The van der Waals surface area contributed by atoms with E-state index in [0.29, 0.717) is 31.6 Å². The largest absolute Gasteiger partial charge is 0.303 e. The van der Waals surface area contributed by atoms with E-state index in [-0.39, 0.29) is 45.9 Å². The average molecular weight is 467 g/mol. The van der Waals surface area contributed by atoms with Crippen molar-refractivity contribution in [1.82, 2.24) is 0 Å². The van der Waals surface area contributed by atoms with Crippen molar-refractivity contribution < 1.29 is 19.2 Å². The first-order valence-electron chi connectivity index (χ1n) is 13.2. The van der Waals surface area contributed by atoms with Gasteiger partial charge < -0.3 is 4.79 Å². The Labute approximate surface area is 205 Å². The van der Waals surface area contributed by atoms with E-state index in [1.807, 2.05) is 27.7 Å². The van der Waals surface area contributed by atoms with Crippen molar-refractivity contribution in [3.05, 3.63) is 23.3 Å². The third kappa shape index (κ3) is 3.30. The van der Waals surface area contributed by atoms with Gasteiger partial charge in [0.25, 0.3) is 0 Å². The van der Waals surface area contributed by atoms with E-state index < -0.39 is 10.8 Å². The summed E-state index contributed by atoms with van der Waals surface area (Å²) < 4.78 is 0. The van der Waals surface area contributed by atoms with Gasteiger partial charge in [-0.25, -0.2) is 0 Å². The second kappa shape index (κ2) is 8.10. The molecule has 0 amide bonds. The van der Waals surface area contributed by atoms with Crippen LogP contribution in [0.4, 0.5) is 0 Å². The molecule has 3 saturated carbocycles. The van der Waals surface area contributed by atoms with E-state index in [2.05, 4.69) is 20.8 Å². The fourth-order valence-electron chi connectivity index (χ4n) is 8.97. The molecule has 186 valence electrons. The third-order valence-corrected chi connectivity index (χ3v) is 10.9. The first-order valence-corrected chi connectivity index (χ1v) is 13.2. The predicted molar refractivity (Wildman–Crippen MR) is 133 cm³/mol. The lowest BCUT2D eigenvalue weighted by Crippen LogP contribution is -2.63. The Kier molecular flexibility index (Phi) is 6.02. The lowest BCUT2D eigenvalue weighted by molar-refractivity contribution is -0.169. The molecular weight excluding hydrogens is 424 g/mol. The van der Waals surface area contributed by atoms with Crippen molar-refractivity contribution in [2.75, 3.05) is 0 Å². The monoisotopic (exact) mass is 466 g/mol. The van der Waals surface area contributed by atoms with Crippen LogP contribution in [-0.4, -0.2) is 23.6 Å². The number of allylic oxidation sites excluding steroid dienone is 4. The molecule has 0 aromatic heterocycles. The lowest BCUT2D eigenvalue weighted by atomic mass is 9.38. The molecule has 4 aliphatic carbocycles. The molecule has 0 radical (unpaired) electrons. The van der Waals surface area contributed by atoms with Gasteiger partial charge in [0.15, 0.2) is 11.6 Å². The number of rotatable bonds is 5. The molecule has 4 aliphatic rings. The van der Waals surface area contributed by atoms with Crippen molar-refractivity contribution in [2.24, 2.45) is 45.3 Å². The van der Waals surface area contributed by atoms with Gasteiger partial charge in [-0.15, -0.1) is 0 Å². The van der Waals surface area contributed by atoms with E-state index in [4.69, 9.17) is 0 Å². The highest BCUT2D eigenvalue weighted by Crippen LogP contribution is 2.73. The summed E-state index contributed by atoms with van der Waals surface area (Å²) in [4.78, 5) is 52.2. The molecule has 0 unspecified atom stereocenters. The molecule has 7 atom stereocenters. The molecule has 0 heterocycles. The van der Waals surface area contributed by atoms with E-state index in [9.17, 15) is 19.2 Å². The summed E-state index contributed by atoms with van der Waals surface area (Å²) in [5, 5.41) is 0. The summed E-state index contributed by atoms with van der Waals surface area (Å²) in [5.41, 5.74) is 0.116. The number of fused-ring (bicyclic) bond motifs is 5. The highest BCUT2D eigenvalue weighted by molar-refractivity contribution is 6.01. The quantitative estimate of drug-likeness (QED) is 0.364. The molecule has 4 nitrogen and oxygen atoms in total. The Morgan fingerprint density at radius 3 is 2.35 bits per heavy atom. The summed E-state index contributed by atoms with van der Waals surface area (Å²) >= 11 is 0. The van der Waals surface area contributed by atoms with Crippen LogP contribution in [0.5, 0.6) is 0 Å². The Morgan fingerprint density at radius 2 is 1.74 bits per heavy atom. The SMILES string of the molecule is CC(C)=CC(=O)C[C@@H](C)[C@H]1CC[C@@]2(C)[C@@H]3C(=O)C=C4[C@@H](CCC(=O)C4(C)C)[C@]3(C=O)CC[C@]12C. The number of Topliss-reactive ketones (excluding diaryl/α,β-unsaturated/α-hetero) is 1. The standard InChI is InChI=1S/C30H42O4/c1-18(2)14-20(32)15-19(3)21-10-11-29(7)26-24(33)16-23-22(8-9-25(34)27(23,4)5)30(26,17-31)13-12-28(21,29)6/h14,16-17,19,21-22,26H,8-13,15H2,1-7H3/t19-,21-,22-,26+,28-,29+,30-/m1/s1. The summed E-state index contributed by atoms with van der Waals surface area (Å²) in [5.74, 6) is 0.595. The van der Waals surface area contributed by atoms with E-state index in [1.54, 1.807) is 12.2 Å². The van der Waals surface area contributed by atoms with E-state index in [0.717, 1.165) is 36.7 Å². The zero-order valence-electron chi connectivity index (χ0n) is 22.1. The van der Waals surface area contributed by atoms with Crippen LogP contribution in [0.25, 0.3) is 0 Å². The minimum atomic E-state index is -0.719. The molecule has 0 aliphatic heterocycles. The van der Waals surface area contributed by atoms with Gasteiger partial charge in [0.05, 0.1) is 0 Å². The summed E-state index contributed by atoms with van der Waals surface area (Å²) in [6.07, 6.45) is 9.76. The molecule has 0 aromatic rings. The maximum atomic E-state index is 13.9. The van der Waals surface area contributed by atoms with Crippen molar-refractivity contribution in [2.45, 2.75) is 93.4 Å². The molecule has 0 spiro atoms. The van der Waals surface area contributed by atoms with Gasteiger partial charge in [0, 0.05) is 29.6 Å². The molecule has 0 aromatic carbocycles. The summed E-state index contributed by atoms with van der Waals surface area (Å²) in [7, 11) is 0. The maximum Gasteiger partial charge on any atom is 0.160 e. The minimum absolute atomic E-state index is 0.0301.